The van der Waals surface area contributed by atoms with Gasteiger partial charge in [-0.05, 0) is 42.6 Å². The molecule has 0 aliphatic rings. The van der Waals surface area contributed by atoms with Gasteiger partial charge in [0.2, 0.25) is 11.7 Å². The first-order chi connectivity index (χ1) is 13.5. The van der Waals surface area contributed by atoms with Crippen molar-refractivity contribution in [3.63, 3.8) is 0 Å². The third kappa shape index (κ3) is 5.40. The highest BCUT2D eigenvalue weighted by Gasteiger charge is 2.19. The molecule has 0 saturated carbocycles. The molecule has 146 valence electrons. The maximum absolute atomic E-state index is 12.2. The molecule has 0 fully saturated rings. The number of rotatable bonds is 8. The minimum atomic E-state index is -0.898. The predicted molar refractivity (Wildman–Crippen MR) is 101 cm³/mol. The van der Waals surface area contributed by atoms with Gasteiger partial charge in [-0.25, -0.2) is 4.79 Å². The zero-order valence-electron chi connectivity index (χ0n) is 15.4. The molecule has 0 radical (unpaired) electrons. The van der Waals surface area contributed by atoms with Crippen LogP contribution in [0.15, 0.2) is 46.3 Å². The zero-order valence-corrected chi connectivity index (χ0v) is 16.2. The molecule has 0 saturated heterocycles. The van der Waals surface area contributed by atoms with Gasteiger partial charge in [0.05, 0.1) is 12.1 Å². The van der Waals surface area contributed by atoms with E-state index < -0.39 is 12.1 Å². The average Bonchev–Trinajstić information content (AvgIpc) is 3.36. The van der Waals surface area contributed by atoms with Crippen LogP contribution < -0.4 is 10.1 Å². The number of aromatic nitrogens is 2. The lowest BCUT2D eigenvalue weighted by Crippen LogP contribution is -2.35. The van der Waals surface area contributed by atoms with Gasteiger partial charge in [-0.1, -0.05) is 11.2 Å². The monoisotopic (exact) mass is 401 g/mol. The average molecular weight is 401 g/mol. The summed E-state index contributed by atoms with van der Waals surface area (Å²) >= 11 is 1.54. The van der Waals surface area contributed by atoms with Crippen molar-refractivity contribution in [2.45, 2.75) is 33.1 Å². The largest absolute Gasteiger partial charge is 0.485 e. The molecule has 0 aliphatic carbocycles. The van der Waals surface area contributed by atoms with Crippen LogP contribution in [-0.2, 0) is 22.7 Å². The summed E-state index contributed by atoms with van der Waals surface area (Å²) in [6.07, 6.45) is -0.898. The lowest BCUT2D eigenvalue weighted by Gasteiger charge is -2.13. The van der Waals surface area contributed by atoms with Gasteiger partial charge < -0.3 is 19.3 Å². The maximum atomic E-state index is 12.2. The first kappa shape index (κ1) is 19.6. The first-order valence-corrected chi connectivity index (χ1v) is 9.42. The number of benzene rings is 1. The van der Waals surface area contributed by atoms with E-state index in [1.165, 1.54) is 6.92 Å². The van der Waals surface area contributed by atoms with Crippen LogP contribution in [0, 0.1) is 6.92 Å². The minimum absolute atomic E-state index is 0.155. The number of esters is 1. The van der Waals surface area contributed by atoms with Gasteiger partial charge in [0.15, 0.2) is 12.7 Å². The fraction of sp³-hybridized carbons (Fsp3) is 0.263. The number of thiophene rings is 1. The third-order valence-corrected chi connectivity index (χ3v) is 4.57. The summed E-state index contributed by atoms with van der Waals surface area (Å²) in [4.78, 5) is 29.3. The van der Waals surface area contributed by atoms with Crippen LogP contribution in [0.25, 0.3) is 0 Å². The Hall–Kier alpha value is -3.20. The van der Waals surface area contributed by atoms with E-state index in [9.17, 15) is 9.59 Å². The molecule has 3 aromatic rings. The van der Waals surface area contributed by atoms with E-state index in [1.807, 2.05) is 17.5 Å². The number of hydrogen-bond donors (Lipinski definition) is 1. The second-order valence-corrected chi connectivity index (χ2v) is 6.92. The summed E-state index contributed by atoms with van der Waals surface area (Å²) in [5.41, 5.74) is 0.320. The molecule has 3 rings (SSSR count). The topological polar surface area (TPSA) is 104 Å². The quantitative estimate of drug-likeness (QED) is 0.579. The summed E-state index contributed by atoms with van der Waals surface area (Å²) in [5, 5.41) is 8.41. The van der Waals surface area contributed by atoms with Crippen molar-refractivity contribution < 1.29 is 23.6 Å². The summed E-state index contributed by atoms with van der Waals surface area (Å²) in [6.45, 7) is 3.79. The first-order valence-electron chi connectivity index (χ1n) is 8.54. The standard InChI is InChI=1S/C19H19N3O5S/c1-12(18(23)20-10-16-4-3-9-28-16)26-19(24)14-5-7-15(8-6-14)25-11-17-21-13(2)27-22-17/h3-9,12H,10-11H2,1-2H3,(H,20,23). The number of ether oxygens (including phenoxy) is 2. The third-order valence-electron chi connectivity index (χ3n) is 3.70. The van der Waals surface area contributed by atoms with Crippen molar-refractivity contribution in [1.82, 2.24) is 15.5 Å². The number of nitrogens with zero attached hydrogens (tertiary/aromatic N) is 2. The minimum Gasteiger partial charge on any atom is -0.485 e. The van der Waals surface area contributed by atoms with Gasteiger partial charge in [-0.15, -0.1) is 11.3 Å². The Kier molecular flexibility index (Phi) is 6.38. The van der Waals surface area contributed by atoms with E-state index in [0.29, 0.717) is 29.6 Å². The number of aryl methyl sites for hydroxylation is 1. The molecule has 0 aliphatic heterocycles. The van der Waals surface area contributed by atoms with Gasteiger partial charge in [-0.3, -0.25) is 4.79 Å². The molecule has 9 heteroatoms. The number of carbonyl (C=O) groups excluding carboxylic acids is 2. The molecule has 8 nitrogen and oxygen atoms in total. The van der Waals surface area contributed by atoms with Crippen molar-refractivity contribution in [2.75, 3.05) is 0 Å². The second kappa shape index (κ2) is 9.14. The van der Waals surface area contributed by atoms with Gasteiger partial charge in [0.1, 0.15) is 5.75 Å². The molecule has 1 amide bonds. The van der Waals surface area contributed by atoms with Crippen LogP contribution >= 0.6 is 11.3 Å². The molecule has 0 spiro atoms. The Morgan fingerprint density at radius 3 is 2.68 bits per heavy atom. The molecule has 1 unspecified atom stereocenters. The van der Waals surface area contributed by atoms with Crippen molar-refractivity contribution in [3.05, 3.63) is 63.9 Å². The molecule has 2 aromatic heterocycles. The highest BCUT2D eigenvalue weighted by Crippen LogP contribution is 2.15. The van der Waals surface area contributed by atoms with Crippen molar-refractivity contribution in [3.8, 4) is 5.75 Å². The number of hydrogen-bond acceptors (Lipinski definition) is 8. The Bertz CT molecular complexity index is 921. The fourth-order valence-corrected chi connectivity index (χ4v) is 2.89. The number of carbonyl (C=O) groups is 2. The molecular formula is C19H19N3O5S. The van der Waals surface area contributed by atoms with Gasteiger partial charge in [-0.2, -0.15) is 4.98 Å². The fourth-order valence-electron chi connectivity index (χ4n) is 2.25. The maximum Gasteiger partial charge on any atom is 0.338 e. The molecule has 1 atom stereocenters. The molecule has 1 N–H and O–H groups in total. The van der Waals surface area contributed by atoms with E-state index in [4.69, 9.17) is 14.0 Å². The van der Waals surface area contributed by atoms with Crippen molar-refractivity contribution in [1.29, 1.82) is 0 Å². The Morgan fingerprint density at radius 1 is 1.25 bits per heavy atom. The highest BCUT2D eigenvalue weighted by atomic mass is 32.1. The van der Waals surface area contributed by atoms with Crippen LogP contribution in [-0.4, -0.2) is 28.1 Å². The Labute approximate surface area is 165 Å². The molecule has 28 heavy (non-hydrogen) atoms. The number of amides is 1. The van der Waals surface area contributed by atoms with E-state index in [2.05, 4.69) is 15.5 Å². The van der Waals surface area contributed by atoms with E-state index in [1.54, 1.807) is 42.5 Å². The normalized spacial score (nSPS) is 11.6. The van der Waals surface area contributed by atoms with Crippen LogP contribution in [0.4, 0.5) is 0 Å². The summed E-state index contributed by atoms with van der Waals surface area (Å²) < 4.78 is 15.6. The van der Waals surface area contributed by atoms with Crippen molar-refractivity contribution in [2.24, 2.45) is 0 Å². The summed E-state index contributed by atoms with van der Waals surface area (Å²) in [5.74, 6) is 0.505. The number of nitrogens with one attached hydrogen (secondary N) is 1. The van der Waals surface area contributed by atoms with Gasteiger partial charge >= 0.3 is 5.97 Å². The molecule has 1 aromatic carbocycles. The molecule has 0 bridgehead atoms. The van der Waals surface area contributed by atoms with Crippen LogP contribution in [0.3, 0.4) is 0 Å². The Balaban J connectivity index is 1.47. The summed E-state index contributed by atoms with van der Waals surface area (Å²) in [7, 11) is 0. The van der Waals surface area contributed by atoms with Crippen LogP contribution in [0.2, 0.25) is 0 Å². The van der Waals surface area contributed by atoms with E-state index in [0.717, 1.165) is 4.88 Å². The lowest BCUT2D eigenvalue weighted by atomic mass is 10.2. The Morgan fingerprint density at radius 2 is 2.04 bits per heavy atom. The zero-order chi connectivity index (χ0) is 19.9. The van der Waals surface area contributed by atoms with Crippen LogP contribution in [0.5, 0.6) is 5.75 Å². The SMILES string of the molecule is Cc1nc(COc2ccc(C(=O)OC(C)C(=O)NCc3cccs3)cc2)no1. The van der Waals surface area contributed by atoms with Crippen LogP contribution in [0.1, 0.15) is 33.9 Å². The van der Waals surface area contributed by atoms with Crippen molar-refractivity contribution >= 4 is 23.2 Å². The smallest absolute Gasteiger partial charge is 0.338 e. The van der Waals surface area contributed by atoms with Gasteiger partial charge in [0.25, 0.3) is 5.91 Å². The van der Waals surface area contributed by atoms with Gasteiger partial charge in [0, 0.05) is 11.8 Å². The predicted octanol–water partition coefficient (Wildman–Crippen LogP) is 2.88. The molecule has 2 heterocycles. The second-order valence-electron chi connectivity index (χ2n) is 5.89. The van der Waals surface area contributed by atoms with E-state index >= 15 is 0 Å². The summed E-state index contributed by atoms with van der Waals surface area (Å²) in [6, 6.07) is 10.2. The highest BCUT2D eigenvalue weighted by molar-refractivity contribution is 7.09. The lowest BCUT2D eigenvalue weighted by molar-refractivity contribution is -0.129. The molecular weight excluding hydrogens is 382 g/mol. The van der Waals surface area contributed by atoms with E-state index in [-0.39, 0.29) is 12.5 Å².